The minimum absolute atomic E-state index is 0.0756. The van der Waals surface area contributed by atoms with E-state index in [1.165, 1.54) is 25.2 Å². The quantitative estimate of drug-likeness (QED) is 0.339. The van der Waals surface area contributed by atoms with Crippen LogP contribution < -0.4 is 19.6 Å². The van der Waals surface area contributed by atoms with Crippen LogP contribution in [0.5, 0.6) is 11.5 Å². The Balaban J connectivity index is 1.85. The van der Waals surface area contributed by atoms with Gasteiger partial charge in [-0.05, 0) is 29.3 Å². The van der Waals surface area contributed by atoms with Crippen LogP contribution in [0.3, 0.4) is 0 Å². The topological polar surface area (TPSA) is 93.0 Å². The van der Waals surface area contributed by atoms with E-state index in [4.69, 9.17) is 9.47 Å². The smallest absolute Gasteiger partial charge is 0.295 e. The Morgan fingerprint density at radius 3 is 2.41 bits per heavy atom. The van der Waals surface area contributed by atoms with Crippen molar-refractivity contribution >= 4 is 17.4 Å². The van der Waals surface area contributed by atoms with Crippen LogP contribution in [0, 0.1) is 0 Å². The minimum atomic E-state index is -0.794. The van der Waals surface area contributed by atoms with E-state index in [9.17, 15) is 14.7 Å². The van der Waals surface area contributed by atoms with Crippen molar-refractivity contribution in [3.05, 3.63) is 95.3 Å². The zero-order valence-electron chi connectivity index (χ0n) is 17.7. The maximum atomic E-state index is 13.5. The van der Waals surface area contributed by atoms with E-state index in [1.54, 1.807) is 24.5 Å². The van der Waals surface area contributed by atoms with Gasteiger partial charge in [0, 0.05) is 17.2 Å². The summed E-state index contributed by atoms with van der Waals surface area (Å²) in [4.78, 5) is 30.5. The molecule has 1 unspecified atom stereocenters. The van der Waals surface area contributed by atoms with Gasteiger partial charge in [-0.1, -0.05) is 42.2 Å². The van der Waals surface area contributed by atoms with Crippen LogP contribution in [0.25, 0.3) is 5.76 Å². The number of aromatic amines is 1. The maximum absolute atomic E-state index is 13.5. The molecule has 1 fully saturated rings. The molecule has 0 aliphatic carbocycles. The number of hydrogen-bond acceptors (Lipinski definition) is 5. The highest BCUT2D eigenvalue weighted by molar-refractivity contribution is 6.46. The highest BCUT2D eigenvalue weighted by atomic mass is 16.5. The number of aromatic nitrogens is 1. The number of hydrogen-bond donors (Lipinski definition) is 0. The highest BCUT2D eigenvalue weighted by Gasteiger charge is 2.44. The molecule has 0 spiro atoms. The maximum Gasteiger partial charge on any atom is 0.295 e. The summed E-state index contributed by atoms with van der Waals surface area (Å²) in [7, 11) is 2.96. The fourth-order valence-electron chi connectivity index (χ4n) is 3.87. The monoisotopic (exact) mass is 430 g/mol. The van der Waals surface area contributed by atoms with E-state index >= 15 is 0 Å². The number of methoxy groups -OCH3 is 2. The number of nitrogens with zero attached hydrogens (tertiary/aromatic N) is 1. The molecular formula is C25H22N2O5. The zero-order valence-corrected chi connectivity index (χ0v) is 17.7. The number of amides is 1. The number of carbonyl (C=O) groups excluding carboxylic acids is 2. The van der Waals surface area contributed by atoms with Gasteiger partial charge in [-0.15, -0.1) is 0 Å². The lowest BCUT2D eigenvalue weighted by Gasteiger charge is -2.27. The second kappa shape index (κ2) is 8.93. The van der Waals surface area contributed by atoms with E-state index in [2.05, 4.69) is 4.98 Å². The average Bonchev–Trinajstić information content (AvgIpc) is 3.09. The van der Waals surface area contributed by atoms with Gasteiger partial charge < -0.3 is 19.5 Å². The van der Waals surface area contributed by atoms with Crippen LogP contribution in [0.15, 0.2) is 78.6 Å². The highest BCUT2D eigenvalue weighted by Crippen LogP contribution is 2.40. The normalized spacial score (nSPS) is 17.4. The Labute approximate surface area is 185 Å². The Kier molecular flexibility index (Phi) is 5.89. The van der Waals surface area contributed by atoms with Gasteiger partial charge in [0.05, 0.1) is 26.8 Å². The number of carbonyl (C=O) groups is 2. The fourth-order valence-corrected chi connectivity index (χ4v) is 3.87. The van der Waals surface area contributed by atoms with E-state index in [-0.39, 0.29) is 17.7 Å². The summed E-state index contributed by atoms with van der Waals surface area (Å²) >= 11 is 0. The summed E-state index contributed by atoms with van der Waals surface area (Å²) in [6.45, 7) is 0.185. The van der Waals surface area contributed by atoms with Gasteiger partial charge in [-0.3, -0.25) is 9.59 Å². The lowest BCUT2D eigenvalue weighted by Crippen LogP contribution is -2.29. The molecule has 7 heteroatoms. The molecule has 1 amide bonds. The number of Topliss-reactive ketones (excluding diaryl/α,β-unsaturated/α-hetero) is 1. The Morgan fingerprint density at radius 1 is 1.00 bits per heavy atom. The van der Waals surface area contributed by atoms with Crippen molar-refractivity contribution in [2.24, 2.45) is 0 Å². The molecule has 2 aromatic carbocycles. The zero-order chi connectivity index (χ0) is 22.7. The van der Waals surface area contributed by atoms with Gasteiger partial charge in [-0.2, -0.15) is 0 Å². The second-order valence-corrected chi connectivity index (χ2v) is 7.30. The molecule has 32 heavy (non-hydrogen) atoms. The number of ether oxygens (including phenoxy) is 2. The molecule has 4 rings (SSSR count). The first kappa shape index (κ1) is 21.1. The number of pyridine rings is 1. The van der Waals surface area contributed by atoms with Crippen molar-refractivity contribution in [3.63, 3.8) is 0 Å². The molecule has 1 aliphatic rings. The number of ketones is 1. The first-order chi connectivity index (χ1) is 15.5. The molecule has 0 bridgehead atoms. The van der Waals surface area contributed by atoms with E-state index in [1.807, 2.05) is 42.5 Å². The van der Waals surface area contributed by atoms with Gasteiger partial charge in [0.25, 0.3) is 5.91 Å². The van der Waals surface area contributed by atoms with Crippen LogP contribution in [0.2, 0.25) is 0 Å². The van der Waals surface area contributed by atoms with Crippen LogP contribution in [0.1, 0.15) is 22.7 Å². The Hall–Kier alpha value is -4.13. The molecule has 3 aromatic rings. The summed E-state index contributed by atoms with van der Waals surface area (Å²) in [5, 5.41) is 13.5. The molecule has 2 heterocycles. The van der Waals surface area contributed by atoms with Crippen molar-refractivity contribution in [1.82, 2.24) is 4.90 Å². The van der Waals surface area contributed by atoms with Gasteiger partial charge in [0.1, 0.15) is 0 Å². The van der Waals surface area contributed by atoms with Gasteiger partial charge in [0.15, 0.2) is 23.9 Å². The third-order valence-corrected chi connectivity index (χ3v) is 5.41. The third kappa shape index (κ3) is 3.80. The summed E-state index contributed by atoms with van der Waals surface area (Å²) in [6, 6.07) is 16.6. The van der Waals surface area contributed by atoms with Crippen molar-refractivity contribution in [2.45, 2.75) is 12.6 Å². The largest absolute Gasteiger partial charge is 0.872 e. The summed E-state index contributed by atoms with van der Waals surface area (Å²) in [5.74, 6) is -1.18. The fraction of sp³-hybridized carbons (Fsp3) is 0.160. The average molecular weight is 430 g/mol. The SMILES string of the molecule is COc1ccc(/C([O-])=C2\C(=O)C(=O)N(Cc3ccc[nH+]c3)C2c2ccccc2)cc1OC. The predicted molar refractivity (Wildman–Crippen MR) is 114 cm³/mol. The molecule has 0 radical (unpaired) electrons. The molecular weight excluding hydrogens is 408 g/mol. The van der Waals surface area contributed by atoms with E-state index in [0.29, 0.717) is 17.1 Å². The second-order valence-electron chi connectivity index (χ2n) is 7.30. The van der Waals surface area contributed by atoms with Crippen LogP contribution >= 0.6 is 0 Å². The van der Waals surface area contributed by atoms with E-state index in [0.717, 1.165) is 5.56 Å². The summed E-state index contributed by atoms with van der Waals surface area (Å²) < 4.78 is 10.5. The predicted octanol–water partition coefficient (Wildman–Crippen LogP) is 1.94. The van der Waals surface area contributed by atoms with E-state index < -0.39 is 23.5 Å². The standard InChI is InChI=1S/C25H22N2O5/c1-31-19-11-10-18(13-20(19)32-2)23(28)21-22(17-8-4-3-5-9-17)27(25(30)24(21)29)15-16-7-6-12-26-14-16/h3-14,22,28H,15H2,1-2H3/b23-21+. The molecule has 1 atom stereocenters. The third-order valence-electron chi connectivity index (χ3n) is 5.41. The van der Waals surface area contributed by atoms with Gasteiger partial charge >= 0.3 is 0 Å². The number of nitrogens with one attached hydrogen (secondary N) is 1. The number of likely N-dealkylation sites (tertiary alicyclic amines) is 1. The summed E-state index contributed by atoms with van der Waals surface area (Å²) in [6.07, 6.45) is 3.52. The molecule has 0 saturated carbocycles. The first-order valence-corrected chi connectivity index (χ1v) is 10.0. The van der Waals surface area contributed by atoms with Gasteiger partial charge in [0.2, 0.25) is 5.78 Å². The lowest BCUT2D eigenvalue weighted by atomic mass is 9.95. The minimum Gasteiger partial charge on any atom is -0.872 e. The molecule has 1 saturated heterocycles. The van der Waals surface area contributed by atoms with Crippen molar-refractivity contribution in [1.29, 1.82) is 0 Å². The Bertz CT molecular complexity index is 1180. The lowest BCUT2D eigenvalue weighted by molar-refractivity contribution is -0.378. The van der Waals surface area contributed by atoms with Crippen LogP contribution in [0.4, 0.5) is 0 Å². The molecule has 1 aromatic heterocycles. The van der Waals surface area contributed by atoms with Crippen molar-refractivity contribution in [2.75, 3.05) is 14.2 Å². The van der Waals surface area contributed by atoms with Crippen LogP contribution in [-0.4, -0.2) is 30.8 Å². The molecule has 162 valence electrons. The van der Waals surface area contributed by atoms with Crippen LogP contribution in [-0.2, 0) is 16.1 Å². The molecule has 1 aliphatic heterocycles. The Morgan fingerprint density at radius 2 is 1.75 bits per heavy atom. The molecule has 7 nitrogen and oxygen atoms in total. The number of rotatable bonds is 6. The molecule has 1 N–H and O–H groups in total. The summed E-state index contributed by atoms with van der Waals surface area (Å²) in [5.41, 5.74) is 1.67. The van der Waals surface area contributed by atoms with Crippen molar-refractivity contribution < 1.29 is 29.2 Å². The number of H-pyrrole nitrogens is 1. The number of benzene rings is 2. The van der Waals surface area contributed by atoms with Crippen molar-refractivity contribution in [3.8, 4) is 11.5 Å². The first-order valence-electron chi connectivity index (χ1n) is 10.0. The van der Waals surface area contributed by atoms with Gasteiger partial charge in [-0.25, -0.2) is 4.98 Å².